The van der Waals surface area contributed by atoms with Gasteiger partial charge in [-0.1, -0.05) is 23.7 Å². The van der Waals surface area contributed by atoms with E-state index in [2.05, 4.69) is 67.4 Å². The molecule has 2 aromatic carbocycles. The third-order valence-corrected chi connectivity index (χ3v) is 4.00. The predicted octanol–water partition coefficient (Wildman–Crippen LogP) is 5.36. The molecule has 0 radical (unpaired) electrons. The van der Waals surface area contributed by atoms with Crippen molar-refractivity contribution in [3.8, 4) is 0 Å². The predicted molar refractivity (Wildman–Crippen MR) is 93.5 cm³/mol. The van der Waals surface area contributed by atoms with E-state index in [-0.39, 0.29) is 6.04 Å². The van der Waals surface area contributed by atoms with Crippen molar-refractivity contribution in [3.63, 3.8) is 0 Å². The summed E-state index contributed by atoms with van der Waals surface area (Å²) in [7, 11) is 0. The van der Waals surface area contributed by atoms with Crippen LogP contribution in [-0.4, -0.2) is 13.1 Å². The molecular formula is C18H23ClN2. The van der Waals surface area contributed by atoms with Gasteiger partial charge in [-0.3, -0.25) is 0 Å². The van der Waals surface area contributed by atoms with Crippen molar-refractivity contribution in [2.45, 2.75) is 26.8 Å². The maximum Gasteiger partial charge on any atom is 0.0485 e. The van der Waals surface area contributed by atoms with Gasteiger partial charge in [0.1, 0.15) is 0 Å². The Bertz CT molecular complexity index is 544. The maximum atomic E-state index is 5.93. The molecule has 112 valence electrons. The summed E-state index contributed by atoms with van der Waals surface area (Å²) in [6.07, 6.45) is 0. The van der Waals surface area contributed by atoms with Crippen LogP contribution in [0.5, 0.6) is 0 Å². The van der Waals surface area contributed by atoms with Gasteiger partial charge in [0.2, 0.25) is 0 Å². The minimum Gasteiger partial charge on any atom is -0.379 e. The van der Waals surface area contributed by atoms with Gasteiger partial charge in [-0.2, -0.15) is 0 Å². The van der Waals surface area contributed by atoms with Gasteiger partial charge in [-0.25, -0.2) is 0 Å². The van der Waals surface area contributed by atoms with Crippen molar-refractivity contribution < 1.29 is 0 Å². The molecule has 1 N–H and O–H groups in total. The molecule has 21 heavy (non-hydrogen) atoms. The van der Waals surface area contributed by atoms with Crippen molar-refractivity contribution in [2.75, 3.05) is 23.3 Å². The molecular weight excluding hydrogens is 280 g/mol. The van der Waals surface area contributed by atoms with Crippen molar-refractivity contribution in [1.29, 1.82) is 0 Å². The van der Waals surface area contributed by atoms with Crippen LogP contribution in [-0.2, 0) is 0 Å². The Balaban J connectivity index is 2.04. The average molecular weight is 303 g/mol. The number of hydrogen-bond donors (Lipinski definition) is 1. The van der Waals surface area contributed by atoms with Crippen LogP contribution in [0.25, 0.3) is 0 Å². The molecule has 3 heteroatoms. The summed E-state index contributed by atoms with van der Waals surface area (Å²) in [5.74, 6) is 0. The van der Waals surface area contributed by atoms with Crippen LogP contribution in [0.3, 0.4) is 0 Å². The molecule has 2 rings (SSSR count). The third kappa shape index (κ3) is 4.15. The van der Waals surface area contributed by atoms with E-state index in [1.54, 1.807) is 0 Å². The summed E-state index contributed by atoms with van der Waals surface area (Å²) >= 11 is 5.93. The second-order valence-electron chi connectivity index (χ2n) is 5.14. The van der Waals surface area contributed by atoms with Gasteiger partial charge in [0.15, 0.2) is 0 Å². The molecule has 2 aromatic rings. The SMILES string of the molecule is CCN(CC)c1ccc(NC(C)c2ccc(Cl)cc2)cc1. The Morgan fingerprint density at radius 1 is 0.952 bits per heavy atom. The number of anilines is 2. The van der Waals surface area contributed by atoms with E-state index in [0.29, 0.717) is 0 Å². The number of benzene rings is 2. The molecule has 0 aliphatic heterocycles. The van der Waals surface area contributed by atoms with Crippen molar-refractivity contribution in [1.82, 2.24) is 0 Å². The molecule has 0 saturated heterocycles. The molecule has 0 aromatic heterocycles. The van der Waals surface area contributed by atoms with Gasteiger partial charge in [-0.05, 0) is 62.7 Å². The van der Waals surface area contributed by atoms with Crippen LogP contribution in [0.1, 0.15) is 32.4 Å². The Hall–Kier alpha value is -1.67. The molecule has 1 atom stereocenters. The number of rotatable bonds is 6. The number of halogens is 1. The van der Waals surface area contributed by atoms with Gasteiger partial charge in [0, 0.05) is 35.5 Å². The van der Waals surface area contributed by atoms with Gasteiger partial charge in [-0.15, -0.1) is 0 Å². The standard InChI is InChI=1S/C18H23ClN2/c1-4-21(5-2)18-12-10-17(11-13-18)20-14(3)15-6-8-16(19)9-7-15/h6-14,20H,4-5H2,1-3H3. The Labute approximate surface area is 132 Å². The van der Waals surface area contributed by atoms with Crippen LogP contribution < -0.4 is 10.2 Å². The molecule has 2 nitrogen and oxygen atoms in total. The fourth-order valence-electron chi connectivity index (χ4n) is 2.44. The summed E-state index contributed by atoms with van der Waals surface area (Å²) in [6.45, 7) is 8.58. The monoisotopic (exact) mass is 302 g/mol. The lowest BCUT2D eigenvalue weighted by Gasteiger charge is -2.22. The first-order valence-corrected chi connectivity index (χ1v) is 7.88. The highest BCUT2D eigenvalue weighted by molar-refractivity contribution is 6.30. The second kappa shape index (κ2) is 7.37. The molecule has 0 fully saturated rings. The first-order valence-electron chi connectivity index (χ1n) is 7.51. The van der Waals surface area contributed by atoms with Crippen LogP contribution in [0.4, 0.5) is 11.4 Å². The summed E-state index contributed by atoms with van der Waals surface area (Å²) in [4.78, 5) is 2.34. The molecule has 0 saturated carbocycles. The molecule has 0 amide bonds. The third-order valence-electron chi connectivity index (χ3n) is 3.75. The van der Waals surface area contributed by atoms with E-state index in [1.165, 1.54) is 11.3 Å². The molecule has 0 heterocycles. The summed E-state index contributed by atoms with van der Waals surface area (Å²) in [6, 6.07) is 16.8. The molecule has 1 unspecified atom stereocenters. The first-order chi connectivity index (χ1) is 10.1. The lowest BCUT2D eigenvalue weighted by atomic mass is 10.1. The Morgan fingerprint density at radius 3 is 2.05 bits per heavy atom. The lowest BCUT2D eigenvalue weighted by molar-refractivity contribution is 0.864. The van der Waals surface area contributed by atoms with Crippen LogP contribution in [0.2, 0.25) is 5.02 Å². The highest BCUT2D eigenvalue weighted by Gasteiger charge is 2.06. The van der Waals surface area contributed by atoms with Gasteiger partial charge in [0.25, 0.3) is 0 Å². The van der Waals surface area contributed by atoms with E-state index >= 15 is 0 Å². The molecule has 0 bridgehead atoms. The van der Waals surface area contributed by atoms with E-state index in [4.69, 9.17) is 11.6 Å². The van der Waals surface area contributed by atoms with Crippen molar-refractivity contribution in [3.05, 3.63) is 59.1 Å². The zero-order valence-electron chi connectivity index (χ0n) is 12.9. The second-order valence-corrected chi connectivity index (χ2v) is 5.57. The quantitative estimate of drug-likeness (QED) is 0.773. The molecule has 0 aliphatic carbocycles. The largest absolute Gasteiger partial charge is 0.379 e. The van der Waals surface area contributed by atoms with E-state index in [0.717, 1.165) is 23.8 Å². The summed E-state index contributed by atoms with van der Waals surface area (Å²) in [5.41, 5.74) is 3.63. The van der Waals surface area contributed by atoms with Gasteiger partial charge < -0.3 is 10.2 Å². The highest BCUT2D eigenvalue weighted by Crippen LogP contribution is 2.23. The fourth-order valence-corrected chi connectivity index (χ4v) is 2.57. The molecule has 0 spiro atoms. The lowest BCUT2D eigenvalue weighted by Crippen LogP contribution is -2.21. The smallest absolute Gasteiger partial charge is 0.0485 e. The van der Waals surface area contributed by atoms with Gasteiger partial charge in [0.05, 0.1) is 0 Å². The number of nitrogens with one attached hydrogen (secondary N) is 1. The van der Waals surface area contributed by atoms with Crippen LogP contribution in [0, 0.1) is 0 Å². The minimum absolute atomic E-state index is 0.251. The molecule has 0 aliphatic rings. The van der Waals surface area contributed by atoms with E-state index in [9.17, 15) is 0 Å². The zero-order chi connectivity index (χ0) is 15.2. The number of hydrogen-bond acceptors (Lipinski definition) is 2. The minimum atomic E-state index is 0.251. The highest BCUT2D eigenvalue weighted by atomic mass is 35.5. The number of nitrogens with zero attached hydrogens (tertiary/aromatic N) is 1. The van der Waals surface area contributed by atoms with Gasteiger partial charge >= 0.3 is 0 Å². The zero-order valence-corrected chi connectivity index (χ0v) is 13.7. The van der Waals surface area contributed by atoms with E-state index < -0.39 is 0 Å². The average Bonchev–Trinajstić information content (AvgIpc) is 2.51. The van der Waals surface area contributed by atoms with Crippen LogP contribution >= 0.6 is 11.6 Å². The first kappa shape index (κ1) is 15.7. The fraction of sp³-hybridized carbons (Fsp3) is 0.333. The van der Waals surface area contributed by atoms with Crippen LogP contribution in [0.15, 0.2) is 48.5 Å². The Kier molecular flexibility index (Phi) is 5.51. The topological polar surface area (TPSA) is 15.3 Å². The Morgan fingerprint density at radius 2 is 1.52 bits per heavy atom. The summed E-state index contributed by atoms with van der Waals surface area (Å²) in [5, 5.41) is 4.29. The summed E-state index contributed by atoms with van der Waals surface area (Å²) < 4.78 is 0. The van der Waals surface area contributed by atoms with Crippen molar-refractivity contribution >= 4 is 23.0 Å². The van der Waals surface area contributed by atoms with Crippen molar-refractivity contribution in [2.24, 2.45) is 0 Å². The van der Waals surface area contributed by atoms with E-state index in [1.807, 2.05) is 12.1 Å². The maximum absolute atomic E-state index is 5.93. The normalized spacial score (nSPS) is 12.0.